The summed E-state index contributed by atoms with van der Waals surface area (Å²) in [5, 5.41) is 8.69. The predicted molar refractivity (Wildman–Crippen MR) is 41.9 cm³/mol. The number of nitriles is 1. The van der Waals surface area contributed by atoms with Crippen LogP contribution in [-0.4, -0.2) is 4.87 Å². The van der Waals surface area contributed by atoms with E-state index in [0.29, 0.717) is 0 Å². The molecule has 0 heterocycles. The maximum Gasteiger partial charge on any atom is 0.131 e. The fourth-order valence-corrected chi connectivity index (χ4v) is 1.67. The van der Waals surface area contributed by atoms with E-state index in [0.717, 1.165) is 25.7 Å². The molecule has 0 unspecified atom stereocenters. The highest BCUT2D eigenvalue weighted by molar-refractivity contribution is 6.25. The van der Waals surface area contributed by atoms with Crippen LogP contribution in [0.3, 0.4) is 0 Å². The van der Waals surface area contributed by atoms with Crippen molar-refractivity contribution in [2.45, 2.75) is 43.4 Å². The molecule has 0 radical (unpaired) electrons. The minimum atomic E-state index is -0.517. The topological polar surface area (TPSA) is 23.8 Å². The summed E-state index contributed by atoms with van der Waals surface area (Å²) in [4.78, 5) is -0.517. The van der Waals surface area contributed by atoms with Crippen molar-refractivity contribution in [2.75, 3.05) is 0 Å². The molecule has 0 spiro atoms. The first-order valence-corrected chi connectivity index (χ1v) is 4.25. The first kappa shape index (κ1) is 7.88. The Morgan fingerprint density at radius 1 is 1.10 bits per heavy atom. The summed E-state index contributed by atoms with van der Waals surface area (Å²) >= 11 is 6.00. The van der Waals surface area contributed by atoms with E-state index in [4.69, 9.17) is 16.9 Å². The summed E-state index contributed by atoms with van der Waals surface area (Å²) in [6.45, 7) is 0. The highest BCUT2D eigenvalue weighted by Crippen LogP contribution is 2.31. The lowest BCUT2D eigenvalue weighted by molar-refractivity contribution is 0.608. The summed E-state index contributed by atoms with van der Waals surface area (Å²) < 4.78 is 0. The number of hydrogen-bond donors (Lipinski definition) is 0. The Kier molecular flexibility index (Phi) is 2.56. The van der Waals surface area contributed by atoms with Crippen molar-refractivity contribution in [3.63, 3.8) is 0 Å². The average molecular weight is 158 g/mol. The van der Waals surface area contributed by atoms with Crippen LogP contribution in [0, 0.1) is 11.3 Å². The molecular formula is C8H12ClN. The van der Waals surface area contributed by atoms with Crippen LogP contribution in [0.25, 0.3) is 0 Å². The highest BCUT2D eigenvalue weighted by atomic mass is 35.5. The van der Waals surface area contributed by atoms with Crippen LogP contribution >= 0.6 is 11.6 Å². The first-order valence-electron chi connectivity index (χ1n) is 3.87. The van der Waals surface area contributed by atoms with Gasteiger partial charge in [-0.2, -0.15) is 5.26 Å². The van der Waals surface area contributed by atoms with E-state index < -0.39 is 4.87 Å². The van der Waals surface area contributed by atoms with E-state index in [1.165, 1.54) is 12.8 Å². The highest BCUT2D eigenvalue weighted by Gasteiger charge is 2.27. The Balaban J connectivity index is 2.51. The van der Waals surface area contributed by atoms with Gasteiger partial charge in [0.15, 0.2) is 0 Å². The summed E-state index contributed by atoms with van der Waals surface area (Å²) in [5.74, 6) is 0. The minimum absolute atomic E-state index is 0.517. The molecule has 1 aliphatic rings. The van der Waals surface area contributed by atoms with Crippen LogP contribution in [0.4, 0.5) is 0 Å². The number of halogens is 1. The largest absolute Gasteiger partial charge is 0.196 e. The zero-order valence-electron chi connectivity index (χ0n) is 6.07. The average Bonchev–Trinajstić information content (AvgIpc) is 2.15. The maximum absolute atomic E-state index is 8.69. The normalized spacial score (nSPS) is 24.8. The van der Waals surface area contributed by atoms with Crippen molar-refractivity contribution in [1.82, 2.24) is 0 Å². The van der Waals surface area contributed by atoms with Crippen molar-refractivity contribution < 1.29 is 0 Å². The van der Waals surface area contributed by atoms with Gasteiger partial charge in [0.1, 0.15) is 4.87 Å². The fourth-order valence-electron chi connectivity index (χ4n) is 1.40. The molecular weight excluding hydrogens is 146 g/mol. The van der Waals surface area contributed by atoms with E-state index >= 15 is 0 Å². The van der Waals surface area contributed by atoms with Crippen LogP contribution in [0.2, 0.25) is 0 Å². The van der Waals surface area contributed by atoms with E-state index in [1.807, 2.05) is 0 Å². The summed E-state index contributed by atoms with van der Waals surface area (Å²) in [7, 11) is 0. The smallest absolute Gasteiger partial charge is 0.131 e. The molecule has 0 aromatic heterocycles. The Bertz CT molecular complexity index is 140. The van der Waals surface area contributed by atoms with Gasteiger partial charge in [0.25, 0.3) is 0 Å². The van der Waals surface area contributed by atoms with Crippen molar-refractivity contribution in [1.29, 1.82) is 5.26 Å². The third-order valence-corrected chi connectivity index (χ3v) is 2.56. The number of rotatable bonds is 0. The van der Waals surface area contributed by atoms with Gasteiger partial charge in [-0.25, -0.2) is 0 Å². The summed E-state index contributed by atoms with van der Waals surface area (Å²) in [6.07, 6.45) is 6.50. The maximum atomic E-state index is 8.69. The van der Waals surface area contributed by atoms with E-state index in [2.05, 4.69) is 6.07 Å². The third kappa shape index (κ3) is 1.88. The Morgan fingerprint density at radius 3 is 2.00 bits per heavy atom. The predicted octanol–water partition coefficient (Wildman–Crippen LogP) is 2.84. The lowest BCUT2D eigenvalue weighted by Crippen LogP contribution is -2.16. The molecule has 1 aliphatic carbocycles. The van der Waals surface area contributed by atoms with Crippen LogP contribution in [0.1, 0.15) is 38.5 Å². The Morgan fingerprint density at radius 2 is 1.60 bits per heavy atom. The number of alkyl halides is 1. The number of hydrogen-bond acceptors (Lipinski definition) is 1. The molecule has 1 saturated carbocycles. The zero-order chi connectivity index (χ0) is 7.45. The Hall–Kier alpha value is -0.220. The molecule has 1 nitrogen and oxygen atoms in total. The quantitative estimate of drug-likeness (QED) is 0.392. The lowest BCUT2D eigenvalue weighted by atomic mass is 10.0. The molecule has 0 atom stereocenters. The number of nitrogens with zero attached hydrogens (tertiary/aromatic N) is 1. The molecule has 1 rings (SSSR count). The molecule has 0 bridgehead atoms. The van der Waals surface area contributed by atoms with Crippen molar-refractivity contribution >= 4 is 11.6 Å². The monoisotopic (exact) mass is 157 g/mol. The lowest BCUT2D eigenvalue weighted by Gasteiger charge is -2.14. The first-order chi connectivity index (χ1) is 4.77. The van der Waals surface area contributed by atoms with Crippen molar-refractivity contribution in [2.24, 2.45) is 0 Å². The van der Waals surface area contributed by atoms with E-state index in [-0.39, 0.29) is 0 Å². The molecule has 0 aliphatic heterocycles. The summed E-state index contributed by atoms with van der Waals surface area (Å²) in [5.41, 5.74) is 0. The Labute approximate surface area is 67.0 Å². The van der Waals surface area contributed by atoms with Gasteiger partial charge in [0.2, 0.25) is 0 Å². The van der Waals surface area contributed by atoms with Crippen LogP contribution in [-0.2, 0) is 0 Å². The second-order valence-corrected chi connectivity index (χ2v) is 3.71. The molecule has 0 amide bonds. The van der Waals surface area contributed by atoms with Gasteiger partial charge in [-0.3, -0.25) is 0 Å². The van der Waals surface area contributed by atoms with Crippen LogP contribution in [0.15, 0.2) is 0 Å². The molecule has 0 aromatic rings. The molecule has 0 aromatic carbocycles. The fraction of sp³-hybridized carbons (Fsp3) is 0.875. The van der Waals surface area contributed by atoms with Crippen molar-refractivity contribution in [3.05, 3.63) is 0 Å². The molecule has 1 fully saturated rings. The molecule has 56 valence electrons. The molecule has 10 heavy (non-hydrogen) atoms. The third-order valence-electron chi connectivity index (χ3n) is 2.10. The van der Waals surface area contributed by atoms with Gasteiger partial charge >= 0.3 is 0 Å². The standard InChI is InChI=1S/C8H12ClN/c9-8(7-10)5-3-1-2-4-6-8/h1-6H2. The zero-order valence-corrected chi connectivity index (χ0v) is 6.82. The summed E-state index contributed by atoms with van der Waals surface area (Å²) in [6, 6.07) is 2.19. The van der Waals surface area contributed by atoms with Gasteiger partial charge < -0.3 is 0 Å². The van der Waals surface area contributed by atoms with E-state index in [9.17, 15) is 0 Å². The van der Waals surface area contributed by atoms with E-state index in [1.54, 1.807) is 0 Å². The SMILES string of the molecule is N#CC1(Cl)CCCCCC1. The van der Waals surface area contributed by atoms with Crippen LogP contribution in [0.5, 0.6) is 0 Å². The molecule has 0 N–H and O–H groups in total. The van der Waals surface area contributed by atoms with Gasteiger partial charge in [-0.15, -0.1) is 11.6 Å². The second kappa shape index (κ2) is 3.25. The van der Waals surface area contributed by atoms with Gasteiger partial charge in [-0.05, 0) is 12.8 Å². The van der Waals surface area contributed by atoms with Crippen molar-refractivity contribution in [3.8, 4) is 6.07 Å². The molecule has 2 heteroatoms. The van der Waals surface area contributed by atoms with Gasteiger partial charge in [-0.1, -0.05) is 25.7 Å². The van der Waals surface area contributed by atoms with Crippen LogP contribution < -0.4 is 0 Å². The second-order valence-electron chi connectivity index (χ2n) is 2.99. The van der Waals surface area contributed by atoms with Gasteiger partial charge in [0.05, 0.1) is 6.07 Å². The van der Waals surface area contributed by atoms with Gasteiger partial charge in [0, 0.05) is 0 Å². The molecule has 0 saturated heterocycles. The minimum Gasteiger partial charge on any atom is -0.196 e.